The molecule has 0 heterocycles. The number of hydrogen-bond donors (Lipinski definition) is 0. The maximum atomic E-state index is 11.6. The molecule has 0 aromatic rings. The topological polar surface area (TPSA) is 52.6 Å². The van der Waals surface area contributed by atoms with Crippen LogP contribution in [0.15, 0.2) is 0 Å². The molecular formula is C20H42Br2N2O4. The van der Waals surface area contributed by atoms with Crippen molar-refractivity contribution >= 4 is 11.9 Å². The van der Waals surface area contributed by atoms with Crippen LogP contribution in [0.5, 0.6) is 0 Å². The quantitative estimate of drug-likeness (QED) is 0.125. The maximum Gasteiger partial charge on any atom is 0.361 e. The summed E-state index contributed by atoms with van der Waals surface area (Å²) in [6.45, 7) is 7.49. The number of rotatable bonds is 15. The Hall–Kier alpha value is -0.180. The summed E-state index contributed by atoms with van der Waals surface area (Å²) in [6.07, 6.45) is 7.13. The Labute approximate surface area is 193 Å². The second-order valence-corrected chi connectivity index (χ2v) is 8.37. The number of esters is 2. The lowest BCUT2D eigenvalue weighted by Gasteiger charge is -2.28. The highest BCUT2D eigenvalue weighted by molar-refractivity contribution is 5.70. The number of quaternary nitrogens is 2. The van der Waals surface area contributed by atoms with Crippen molar-refractivity contribution in [2.24, 2.45) is 0 Å². The van der Waals surface area contributed by atoms with Gasteiger partial charge in [0.15, 0.2) is 13.1 Å². The van der Waals surface area contributed by atoms with Crippen molar-refractivity contribution in [1.29, 1.82) is 0 Å². The number of ether oxygens (including phenoxy) is 2. The van der Waals surface area contributed by atoms with Gasteiger partial charge in [-0.2, -0.15) is 0 Å². The van der Waals surface area contributed by atoms with Gasteiger partial charge in [0, 0.05) is 0 Å². The summed E-state index contributed by atoms with van der Waals surface area (Å²) in [6, 6.07) is 0. The van der Waals surface area contributed by atoms with Gasteiger partial charge < -0.3 is 52.4 Å². The molecule has 0 amide bonds. The second-order valence-electron chi connectivity index (χ2n) is 8.37. The van der Waals surface area contributed by atoms with Gasteiger partial charge >= 0.3 is 11.9 Å². The molecule has 0 aliphatic carbocycles. The van der Waals surface area contributed by atoms with Crippen LogP contribution in [0.1, 0.15) is 52.4 Å². The molecule has 0 spiro atoms. The van der Waals surface area contributed by atoms with Gasteiger partial charge in [-0.25, -0.2) is 9.59 Å². The lowest BCUT2D eigenvalue weighted by molar-refractivity contribution is -0.883. The Morgan fingerprint density at radius 1 is 0.607 bits per heavy atom. The molecule has 0 saturated carbocycles. The second kappa shape index (κ2) is 17.7. The Kier molecular flexibility index (Phi) is 20.5. The summed E-state index contributed by atoms with van der Waals surface area (Å²) >= 11 is 0. The fraction of sp³-hybridized carbons (Fsp3) is 0.900. The van der Waals surface area contributed by atoms with Gasteiger partial charge in [0.1, 0.15) is 0 Å². The van der Waals surface area contributed by atoms with Crippen LogP contribution in [0, 0.1) is 0 Å². The summed E-state index contributed by atoms with van der Waals surface area (Å²) in [4.78, 5) is 23.2. The molecule has 6 nitrogen and oxygen atoms in total. The number of hydrogen-bond acceptors (Lipinski definition) is 4. The number of likely N-dealkylation sites (N-methyl/N-ethyl adjacent to an activating group) is 2. The Balaban J connectivity index is -0.00000312. The minimum Gasteiger partial charge on any atom is -1.00 e. The van der Waals surface area contributed by atoms with Gasteiger partial charge in [0.25, 0.3) is 0 Å². The maximum absolute atomic E-state index is 11.6. The zero-order valence-electron chi connectivity index (χ0n) is 18.8. The standard InChI is InChI=1S/C20H42N2O4.2BrH/c1-7-25-19(23)17-21(3,4)15-13-11-9-10-12-14-16-22(5,6)18-20(24)26-8-2;;/h7-18H2,1-6H3;2*1H/q+2;;/p-2. The highest BCUT2D eigenvalue weighted by atomic mass is 79.9. The molecule has 0 atom stereocenters. The summed E-state index contributed by atoms with van der Waals surface area (Å²) in [5.41, 5.74) is 0. The molecule has 0 radical (unpaired) electrons. The first-order valence-corrected chi connectivity index (χ1v) is 10.1. The number of carbonyl (C=O) groups is 2. The molecule has 0 rings (SSSR count). The molecule has 8 heteroatoms. The number of halogens is 2. The Bertz CT molecular complexity index is 381. The van der Waals surface area contributed by atoms with E-state index in [0.717, 1.165) is 25.9 Å². The predicted molar refractivity (Wildman–Crippen MR) is 105 cm³/mol. The average molecular weight is 534 g/mol. The zero-order chi connectivity index (χ0) is 20.1. The first kappa shape index (κ1) is 32.5. The lowest BCUT2D eigenvalue weighted by atomic mass is 10.1. The van der Waals surface area contributed by atoms with Crippen LogP contribution in [0.2, 0.25) is 0 Å². The van der Waals surface area contributed by atoms with Gasteiger partial charge in [0.05, 0.1) is 54.5 Å². The molecule has 0 N–H and O–H groups in total. The van der Waals surface area contributed by atoms with Crippen LogP contribution >= 0.6 is 0 Å². The molecular weight excluding hydrogens is 492 g/mol. The monoisotopic (exact) mass is 532 g/mol. The van der Waals surface area contributed by atoms with E-state index >= 15 is 0 Å². The lowest BCUT2D eigenvalue weighted by Crippen LogP contribution is -3.00. The van der Waals surface area contributed by atoms with Crippen molar-refractivity contribution in [3.8, 4) is 0 Å². The molecule has 0 aromatic carbocycles. The number of nitrogens with zero attached hydrogens (tertiary/aromatic N) is 2. The summed E-state index contributed by atoms with van der Waals surface area (Å²) < 4.78 is 11.4. The first-order chi connectivity index (χ1) is 12.1. The molecule has 0 fully saturated rings. The van der Waals surface area contributed by atoms with Gasteiger partial charge in [-0.3, -0.25) is 0 Å². The van der Waals surface area contributed by atoms with Crippen molar-refractivity contribution in [2.45, 2.75) is 52.4 Å². The highest BCUT2D eigenvalue weighted by Gasteiger charge is 2.21. The molecule has 28 heavy (non-hydrogen) atoms. The van der Waals surface area contributed by atoms with Crippen LogP contribution in [-0.2, 0) is 19.1 Å². The van der Waals surface area contributed by atoms with Gasteiger partial charge in [0.2, 0.25) is 0 Å². The van der Waals surface area contributed by atoms with Gasteiger partial charge in [-0.15, -0.1) is 0 Å². The third kappa shape index (κ3) is 19.2. The normalized spacial score (nSPS) is 11.2. The molecule has 0 aliphatic rings. The van der Waals surface area contributed by atoms with Crippen molar-refractivity contribution in [1.82, 2.24) is 0 Å². The SMILES string of the molecule is CCOC(=O)C[N+](C)(C)CCCCCCCC[N+](C)(C)CC(=O)OCC.[Br-].[Br-]. The van der Waals surface area contributed by atoms with Crippen LogP contribution in [0.3, 0.4) is 0 Å². The van der Waals surface area contributed by atoms with E-state index in [0.29, 0.717) is 35.3 Å². The minimum atomic E-state index is -0.110. The Morgan fingerprint density at radius 2 is 0.893 bits per heavy atom. The smallest absolute Gasteiger partial charge is 0.361 e. The van der Waals surface area contributed by atoms with Gasteiger partial charge in [-0.05, 0) is 39.5 Å². The number of unbranched alkanes of at least 4 members (excludes halogenated alkanes) is 5. The summed E-state index contributed by atoms with van der Waals surface area (Å²) in [7, 11) is 8.34. The van der Waals surface area contributed by atoms with E-state index < -0.39 is 0 Å². The molecule has 0 unspecified atom stereocenters. The zero-order valence-corrected chi connectivity index (χ0v) is 21.9. The molecule has 170 valence electrons. The van der Waals surface area contributed by atoms with E-state index in [1.807, 2.05) is 13.8 Å². The van der Waals surface area contributed by atoms with E-state index in [4.69, 9.17) is 9.47 Å². The molecule has 0 saturated heterocycles. The van der Waals surface area contributed by atoms with Crippen molar-refractivity contribution in [2.75, 3.05) is 67.6 Å². The van der Waals surface area contributed by atoms with E-state index in [2.05, 4.69) is 28.2 Å². The van der Waals surface area contributed by atoms with E-state index in [-0.39, 0.29) is 45.9 Å². The van der Waals surface area contributed by atoms with Crippen molar-refractivity contribution in [3.63, 3.8) is 0 Å². The Morgan fingerprint density at radius 3 is 1.18 bits per heavy atom. The van der Waals surface area contributed by atoms with Crippen molar-refractivity contribution in [3.05, 3.63) is 0 Å². The van der Waals surface area contributed by atoms with E-state index in [1.165, 1.54) is 25.7 Å². The summed E-state index contributed by atoms with van der Waals surface area (Å²) in [5.74, 6) is -0.220. The minimum absolute atomic E-state index is 0. The van der Waals surface area contributed by atoms with Crippen LogP contribution in [0.4, 0.5) is 0 Å². The third-order valence-corrected chi connectivity index (χ3v) is 4.50. The van der Waals surface area contributed by atoms with E-state index in [1.54, 1.807) is 0 Å². The van der Waals surface area contributed by atoms with Crippen LogP contribution in [0.25, 0.3) is 0 Å². The third-order valence-electron chi connectivity index (χ3n) is 4.50. The van der Waals surface area contributed by atoms with Gasteiger partial charge in [-0.1, -0.05) is 12.8 Å². The predicted octanol–water partition coefficient (Wildman–Crippen LogP) is -3.39. The van der Waals surface area contributed by atoms with E-state index in [9.17, 15) is 9.59 Å². The molecule has 0 aromatic heterocycles. The molecule has 0 aliphatic heterocycles. The summed E-state index contributed by atoms with van der Waals surface area (Å²) in [5, 5.41) is 0. The first-order valence-electron chi connectivity index (χ1n) is 10.1. The molecule has 0 bridgehead atoms. The van der Waals surface area contributed by atoms with Crippen LogP contribution in [-0.4, -0.2) is 88.5 Å². The fourth-order valence-electron chi connectivity index (χ4n) is 3.06. The van der Waals surface area contributed by atoms with Crippen molar-refractivity contribution < 1.29 is 62.0 Å². The number of carbonyl (C=O) groups excluding carboxylic acids is 2. The fourth-order valence-corrected chi connectivity index (χ4v) is 3.06. The van der Waals surface area contributed by atoms with Crippen LogP contribution < -0.4 is 34.0 Å². The average Bonchev–Trinajstić information content (AvgIpc) is 2.49. The highest BCUT2D eigenvalue weighted by Crippen LogP contribution is 2.10. The largest absolute Gasteiger partial charge is 1.00 e.